The molecule has 3 unspecified atom stereocenters. The van der Waals surface area contributed by atoms with Crippen molar-refractivity contribution in [3.8, 4) is 0 Å². The molecular weight excluding hydrogens is 477 g/mol. The Hall–Kier alpha value is -2.09. The normalized spacial score (nSPS) is 23.3. The van der Waals surface area contributed by atoms with Gasteiger partial charge in [-0.15, -0.1) is 12.4 Å². The lowest BCUT2D eigenvalue weighted by molar-refractivity contribution is -0.160. The Morgan fingerprint density at radius 3 is 2.51 bits per heavy atom. The number of rotatable bonds is 6. The molecule has 0 spiro atoms. The van der Waals surface area contributed by atoms with Crippen LogP contribution in [-0.2, 0) is 35.0 Å². The zero-order valence-corrected chi connectivity index (χ0v) is 21.3. The van der Waals surface area contributed by atoms with Crippen molar-refractivity contribution in [2.24, 2.45) is 5.41 Å². The Bertz CT molecular complexity index is 1030. The van der Waals surface area contributed by atoms with Gasteiger partial charge in [-0.05, 0) is 59.6 Å². The minimum Gasteiger partial charge on any atom is -0.446 e. The first kappa shape index (κ1) is 27.5. The van der Waals surface area contributed by atoms with E-state index in [0.717, 1.165) is 49.1 Å². The van der Waals surface area contributed by atoms with Gasteiger partial charge >= 0.3 is 12.1 Å². The summed E-state index contributed by atoms with van der Waals surface area (Å²) in [5, 5.41) is 3.29. The summed E-state index contributed by atoms with van der Waals surface area (Å²) in [6, 6.07) is 11.4. The van der Waals surface area contributed by atoms with Gasteiger partial charge in [0.2, 0.25) is 0 Å². The molecule has 192 valence electrons. The van der Waals surface area contributed by atoms with Crippen LogP contribution in [0.1, 0.15) is 61.1 Å². The maximum atomic E-state index is 12.9. The fourth-order valence-electron chi connectivity index (χ4n) is 5.18. The summed E-state index contributed by atoms with van der Waals surface area (Å²) < 4.78 is 44.6. The van der Waals surface area contributed by atoms with E-state index >= 15 is 0 Å². The molecule has 0 radical (unpaired) electrons. The third-order valence-electron chi connectivity index (χ3n) is 7.38. The Balaban J connectivity index is 0.00000342. The standard InChI is InChI=1S/C27H33F3N2O2.ClH/c1-4-26(3)15-21-6-5-19(13-22(21)16-26)14-25(33)34-18(2)32-12-11-31-17-24(32)20-7-9-23(10-8-20)27(28,29)30;/h5-10,13,18,24,31H,4,11-12,14-17H2,1-3H3;1H. The lowest BCUT2D eigenvalue weighted by Gasteiger charge is -2.39. The molecule has 2 aromatic rings. The van der Waals surface area contributed by atoms with Gasteiger partial charge in [-0.25, -0.2) is 0 Å². The van der Waals surface area contributed by atoms with Gasteiger partial charge in [-0.2, -0.15) is 13.2 Å². The average molecular weight is 511 g/mol. The van der Waals surface area contributed by atoms with Crippen LogP contribution >= 0.6 is 12.4 Å². The van der Waals surface area contributed by atoms with E-state index in [2.05, 4.69) is 31.3 Å². The maximum Gasteiger partial charge on any atom is 0.416 e. The van der Waals surface area contributed by atoms with E-state index in [-0.39, 0.29) is 30.8 Å². The minimum absolute atomic E-state index is 0. The van der Waals surface area contributed by atoms with Crippen molar-refractivity contribution in [3.05, 3.63) is 70.3 Å². The van der Waals surface area contributed by atoms with Crippen LogP contribution < -0.4 is 5.32 Å². The Labute approximate surface area is 211 Å². The van der Waals surface area contributed by atoms with Crippen LogP contribution in [0.2, 0.25) is 0 Å². The molecule has 8 heteroatoms. The highest BCUT2D eigenvalue weighted by Gasteiger charge is 2.33. The summed E-state index contributed by atoms with van der Waals surface area (Å²) in [6.07, 6.45) is -1.40. The molecule has 0 aromatic heterocycles. The van der Waals surface area contributed by atoms with Crippen molar-refractivity contribution >= 4 is 18.4 Å². The van der Waals surface area contributed by atoms with Crippen molar-refractivity contribution in [2.45, 2.75) is 64.9 Å². The second-order valence-electron chi connectivity index (χ2n) is 9.96. The van der Waals surface area contributed by atoms with Crippen molar-refractivity contribution in [2.75, 3.05) is 19.6 Å². The van der Waals surface area contributed by atoms with Gasteiger partial charge in [0.25, 0.3) is 0 Å². The molecule has 2 aliphatic rings. The van der Waals surface area contributed by atoms with Gasteiger partial charge in [0.05, 0.1) is 18.0 Å². The largest absolute Gasteiger partial charge is 0.446 e. The van der Waals surface area contributed by atoms with Crippen LogP contribution in [0.25, 0.3) is 0 Å². The van der Waals surface area contributed by atoms with Crippen molar-refractivity contribution in [1.82, 2.24) is 10.2 Å². The van der Waals surface area contributed by atoms with Gasteiger partial charge < -0.3 is 10.1 Å². The van der Waals surface area contributed by atoms with E-state index in [1.165, 1.54) is 23.3 Å². The molecule has 35 heavy (non-hydrogen) atoms. The number of piperazine rings is 1. The highest BCUT2D eigenvalue weighted by Crippen LogP contribution is 2.39. The molecular formula is C27H34ClF3N2O2. The van der Waals surface area contributed by atoms with Crippen molar-refractivity contribution in [3.63, 3.8) is 0 Å². The molecule has 0 saturated carbocycles. The molecule has 1 aliphatic heterocycles. The van der Waals surface area contributed by atoms with Gasteiger partial charge in [0.15, 0.2) is 6.23 Å². The lowest BCUT2D eigenvalue weighted by atomic mass is 9.85. The van der Waals surface area contributed by atoms with E-state index in [1.54, 1.807) is 0 Å². The molecule has 4 rings (SSSR count). The number of nitrogens with one attached hydrogen (secondary N) is 1. The number of esters is 1. The first-order valence-corrected chi connectivity index (χ1v) is 12.0. The maximum absolute atomic E-state index is 12.9. The van der Waals surface area contributed by atoms with E-state index in [4.69, 9.17) is 4.74 Å². The number of ether oxygens (including phenoxy) is 1. The molecule has 4 nitrogen and oxygen atoms in total. The highest BCUT2D eigenvalue weighted by atomic mass is 35.5. The van der Waals surface area contributed by atoms with Crippen LogP contribution in [-0.4, -0.2) is 36.7 Å². The number of hydrogen-bond donors (Lipinski definition) is 1. The third kappa shape index (κ3) is 6.38. The molecule has 1 heterocycles. The number of carbonyl (C=O) groups is 1. The number of halogens is 4. The first-order chi connectivity index (χ1) is 16.1. The predicted octanol–water partition coefficient (Wildman–Crippen LogP) is 5.72. The Kier molecular flexibility index (Phi) is 8.56. The zero-order valence-electron chi connectivity index (χ0n) is 20.5. The fraction of sp³-hybridized carbons (Fsp3) is 0.519. The van der Waals surface area contributed by atoms with Crippen LogP contribution in [0.4, 0.5) is 13.2 Å². The number of hydrogen-bond acceptors (Lipinski definition) is 4. The van der Waals surface area contributed by atoms with Crippen LogP contribution in [0.3, 0.4) is 0 Å². The number of benzene rings is 2. The fourth-order valence-corrected chi connectivity index (χ4v) is 5.18. The summed E-state index contributed by atoms with van der Waals surface area (Å²) in [5.74, 6) is -0.298. The smallest absolute Gasteiger partial charge is 0.416 e. The molecule has 1 aliphatic carbocycles. The summed E-state index contributed by atoms with van der Waals surface area (Å²) in [5.41, 5.74) is 4.05. The summed E-state index contributed by atoms with van der Waals surface area (Å²) >= 11 is 0. The van der Waals surface area contributed by atoms with Crippen LogP contribution in [0.5, 0.6) is 0 Å². The minimum atomic E-state index is -4.36. The quantitative estimate of drug-likeness (QED) is 0.505. The Morgan fingerprint density at radius 2 is 1.86 bits per heavy atom. The molecule has 2 aromatic carbocycles. The summed E-state index contributed by atoms with van der Waals surface area (Å²) in [6.45, 7) is 8.29. The SMILES string of the molecule is CCC1(C)Cc2ccc(CC(=O)OC(C)N3CCNCC3c3ccc(C(F)(F)F)cc3)cc2C1.Cl. The number of fused-ring (bicyclic) bond motifs is 1. The van der Waals surface area contributed by atoms with Gasteiger partial charge in [-0.1, -0.05) is 50.6 Å². The van der Waals surface area contributed by atoms with E-state index in [1.807, 2.05) is 17.9 Å². The lowest BCUT2D eigenvalue weighted by Crippen LogP contribution is -2.50. The van der Waals surface area contributed by atoms with E-state index in [9.17, 15) is 18.0 Å². The molecule has 1 N–H and O–H groups in total. The predicted molar refractivity (Wildman–Crippen MR) is 133 cm³/mol. The Morgan fingerprint density at radius 1 is 1.17 bits per heavy atom. The molecule has 3 atom stereocenters. The second kappa shape index (κ2) is 10.9. The summed E-state index contributed by atoms with van der Waals surface area (Å²) in [4.78, 5) is 14.8. The molecule has 0 amide bonds. The van der Waals surface area contributed by atoms with Crippen molar-refractivity contribution in [1.29, 1.82) is 0 Å². The highest BCUT2D eigenvalue weighted by molar-refractivity contribution is 5.85. The number of alkyl halides is 3. The molecule has 1 fully saturated rings. The molecule has 1 saturated heterocycles. The van der Waals surface area contributed by atoms with Gasteiger partial charge in [0, 0.05) is 19.6 Å². The van der Waals surface area contributed by atoms with Gasteiger partial charge in [0.1, 0.15) is 0 Å². The summed E-state index contributed by atoms with van der Waals surface area (Å²) in [7, 11) is 0. The molecule has 0 bridgehead atoms. The van der Waals surface area contributed by atoms with Crippen LogP contribution in [0.15, 0.2) is 42.5 Å². The van der Waals surface area contributed by atoms with E-state index in [0.29, 0.717) is 18.5 Å². The van der Waals surface area contributed by atoms with Crippen molar-refractivity contribution < 1.29 is 22.7 Å². The van der Waals surface area contributed by atoms with Gasteiger partial charge in [-0.3, -0.25) is 9.69 Å². The topological polar surface area (TPSA) is 41.6 Å². The van der Waals surface area contributed by atoms with E-state index < -0.39 is 18.0 Å². The second-order valence-corrected chi connectivity index (χ2v) is 9.96. The monoisotopic (exact) mass is 510 g/mol. The zero-order chi connectivity index (χ0) is 24.5. The first-order valence-electron chi connectivity index (χ1n) is 12.0. The van der Waals surface area contributed by atoms with Crippen LogP contribution in [0, 0.1) is 5.41 Å². The number of carbonyl (C=O) groups excluding carboxylic acids is 1. The number of nitrogens with zero attached hydrogens (tertiary/aromatic N) is 1. The third-order valence-corrected chi connectivity index (χ3v) is 7.38. The average Bonchev–Trinajstić information content (AvgIpc) is 3.14.